The van der Waals surface area contributed by atoms with Gasteiger partial charge in [0, 0.05) is 16.5 Å². The first-order chi connectivity index (χ1) is 6.43. The minimum atomic E-state index is -2.34. The number of hydrogen-bond donors (Lipinski definition) is 0. The zero-order chi connectivity index (χ0) is 10.9. The van der Waals surface area contributed by atoms with Crippen LogP contribution in [-0.2, 0) is 11.1 Å². The average Bonchev–Trinajstić information content (AvgIpc) is 2.07. The fourth-order valence-electron chi connectivity index (χ4n) is 1.15. The second-order valence-corrected chi connectivity index (χ2v) is 3.81. The molecule has 1 unspecified atom stereocenters. The van der Waals surface area contributed by atoms with Crippen LogP contribution < -0.4 is 29.6 Å². The summed E-state index contributed by atoms with van der Waals surface area (Å²) in [5, 5.41) is 10.5. The molecule has 7 heteroatoms. The molecule has 0 aliphatic rings. The minimum Gasteiger partial charge on any atom is -0.768 e. The van der Waals surface area contributed by atoms with Crippen LogP contribution in [0.1, 0.15) is 11.1 Å². The normalized spacial score (nSPS) is 11.7. The van der Waals surface area contributed by atoms with Crippen molar-refractivity contribution in [3.05, 3.63) is 33.4 Å². The van der Waals surface area contributed by atoms with Gasteiger partial charge in [0.05, 0.1) is 4.92 Å². The van der Waals surface area contributed by atoms with E-state index in [1.807, 2.05) is 0 Å². The van der Waals surface area contributed by atoms with Crippen LogP contribution in [0.4, 0.5) is 5.69 Å². The number of nitrogens with zero attached hydrogens (tertiary/aromatic N) is 1. The Bertz CT molecular complexity index is 382. The van der Waals surface area contributed by atoms with Crippen molar-refractivity contribution in [2.45, 2.75) is 18.7 Å². The summed E-state index contributed by atoms with van der Waals surface area (Å²) in [5.41, 5.74) is 0.673. The van der Waals surface area contributed by atoms with Crippen LogP contribution in [0, 0.1) is 24.0 Å². The van der Waals surface area contributed by atoms with E-state index in [-0.39, 0.29) is 40.1 Å². The van der Waals surface area contributed by atoms with Gasteiger partial charge in [0.15, 0.2) is 0 Å². The minimum absolute atomic E-state index is 0. The van der Waals surface area contributed by atoms with Crippen molar-refractivity contribution in [3.8, 4) is 0 Å². The molecule has 1 atom stereocenters. The number of aryl methyl sites for hydroxylation is 2. The SMILES string of the molecule is Cc1cc(S(=O)[O-])c(C)cc1[N+](=O)[O-].[Na+]. The molecule has 0 heterocycles. The molecule has 1 aromatic rings. The van der Waals surface area contributed by atoms with Crippen LogP contribution in [-0.4, -0.2) is 13.7 Å². The Labute approximate surface area is 112 Å². The second-order valence-electron chi connectivity index (χ2n) is 2.90. The third-order valence-electron chi connectivity index (χ3n) is 1.87. The van der Waals surface area contributed by atoms with Gasteiger partial charge in [-0.3, -0.25) is 14.3 Å². The molecule has 1 aromatic carbocycles. The second kappa shape index (κ2) is 5.72. The summed E-state index contributed by atoms with van der Waals surface area (Å²) in [7, 11) is 0. The Hall–Kier alpha value is -0.270. The van der Waals surface area contributed by atoms with E-state index in [0.717, 1.165) is 0 Å². The number of nitro benzene ring substituents is 1. The monoisotopic (exact) mass is 237 g/mol. The topological polar surface area (TPSA) is 83.3 Å². The van der Waals surface area contributed by atoms with Crippen molar-refractivity contribution in [2.75, 3.05) is 0 Å². The van der Waals surface area contributed by atoms with Crippen molar-refractivity contribution in [1.82, 2.24) is 0 Å². The van der Waals surface area contributed by atoms with E-state index in [0.29, 0.717) is 11.1 Å². The van der Waals surface area contributed by atoms with E-state index in [1.165, 1.54) is 26.0 Å². The molecule has 5 nitrogen and oxygen atoms in total. The van der Waals surface area contributed by atoms with Crippen LogP contribution in [0.15, 0.2) is 17.0 Å². The van der Waals surface area contributed by atoms with E-state index in [1.54, 1.807) is 0 Å². The summed E-state index contributed by atoms with van der Waals surface area (Å²) in [4.78, 5) is 10.1. The zero-order valence-corrected chi connectivity index (χ0v) is 11.5. The van der Waals surface area contributed by atoms with Crippen molar-refractivity contribution in [1.29, 1.82) is 0 Å². The van der Waals surface area contributed by atoms with Crippen LogP contribution >= 0.6 is 0 Å². The first-order valence-electron chi connectivity index (χ1n) is 3.78. The van der Waals surface area contributed by atoms with Gasteiger partial charge in [-0.1, -0.05) is 0 Å². The molecule has 0 fully saturated rings. The number of nitro groups is 1. The summed E-state index contributed by atoms with van der Waals surface area (Å²) in [6.07, 6.45) is 0. The van der Waals surface area contributed by atoms with Gasteiger partial charge in [0.2, 0.25) is 0 Å². The molecule has 0 aliphatic carbocycles. The molecule has 0 saturated carbocycles. The van der Waals surface area contributed by atoms with E-state index in [9.17, 15) is 18.9 Å². The Kier molecular flexibility index (Phi) is 5.61. The third kappa shape index (κ3) is 3.35. The van der Waals surface area contributed by atoms with Crippen molar-refractivity contribution in [3.63, 3.8) is 0 Å². The molecule has 0 N–H and O–H groups in total. The molecular formula is C8H8NNaO4S. The van der Waals surface area contributed by atoms with E-state index >= 15 is 0 Å². The molecule has 76 valence electrons. The first kappa shape index (κ1) is 14.7. The van der Waals surface area contributed by atoms with Gasteiger partial charge in [0.25, 0.3) is 5.69 Å². The predicted octanol–water partition coefficient (Wildman–Crippen LogP) is -1.55. The zero-order valence-electron chi connectivity index (χ0n) is 8.64. The average molecular weight is 237 g/mol. The maximum Gasteiger partial charge on any atom is 1.00 e. The third-order valence-corrected chi connectivity index (χ3v) is 2.67. The Morgan fingerprint density at radius 2 is 1.80 bits per heavy atom. The molecule has 0 aliphatic heterocycles. The molecule has 15 heavy (non-hydrogen) atoms. The fraction of sp³-hybridized carbons (Fsp3) is 0.250. The largest absolute Gasteiger partial charge is 1.00 e. The molecule has 0 amide bonds. The Morgan fingerprint density at radius 1 is 1.27 bits per heavy atom. The maximum absolute atomic E-state index is 10.7. The van der Waals surface area contributed by atoms with Crippen LogP contribution in [0.5, 0.6) is 0 Å². The first-order valence-corrected chi connectivity index (χ1v) is 4.86. The fourth-order valence-corrected chi connectivity index (χ4v) is 1.75. The summed E-state index contributed by atoms with van der Waals surface area (Å²) >= 11 is -2.34. The number of hydrogen-bond acceptors (Lipinski definition) is 4. The summed E-state index contributed by atoms with van der Waals surface area (Å²) in [6.45, 7) is 3.03. The van der Waals surface area contributed by atoms with E-state index in [2.05, 4.69) is 0 Å². The van der Waals surface area contributed by atoms with Gasteiger partial charge in [-0.25, -0.2) is 0 Å². The van der Waals surface area contributed by atoms with Gasteiger partial charge in [-0.15, -0.1) is 0 Å². The molecule has 0 spiro atoms. The molecule has 0 bridgehead atoms. The van der Waals surface area contributed by atoms with Crippen molar-refractivity contribution in [2.24, 2.45) is 0 Å². The maximum atomic E-state index is 10.7. The van der Waals surface area contributed by atoms with Crippen molar-refractivity contribution >= 4 is 16.8 Å². The molecule has 1 rings (SSSR count). The quantitative estimate of drug-likeness (QED) is 0.270. The van der Waals surface area contributed by atoms with Gasteiger partial charge < -0.3 is 4.55 Å². The summed E-state index contributed by atoms with van der Waals surface area (Å²) in [5.74, 6) is 0. The summed E-state index contributed by atoms with van der Waals surface area (Å²) in [6, 6.07) is 2.57. The van der Waals surface area contributed by atoms with E-state index < -0.39 is 16.0 Å². The standard InChI is InChI=1S/C8H9NO4S.Na/c1-5-4-8(14(12)13)6(2)3-7(5)9(10)11;/h3-4H,1-2H3,(H,12,13);/q;+1/p-1. The Morgan fingerprint density at radius 3 is 2.20 bits per heavy atom. The van der Waals surface area contributed by atoms with Crippen LogP contribution in [0.2, 0.25) is 0 Å². The van der Waals surface area contributed by atoms with E-state index in [4.69, 9.17) is 0 Å². The smallest absolute Gasteiger partial charge is 0.768 e. The Balaban J connectivity index is 0.00000196. The molecule has 0 radical (unpaired) electrons. The molecule has 0 aromatic heterocycles. The van der Waals surface area contributed by atoms with Gasteiger partial charge in [-0.2, -0.15) is 0 Å². The molecule has 0 saturated heterocycles. The van der Waals surface area contributed by atoms with Gasteiger partial charge in [-0.05, 0) is 36.6 Å². The molecular weight excluding hydrogens is 229 g/mol. The van der Waals surface area contributed by atoms with Crippen LogP contribution in [0.25, 0.3) is 0 Å². The van der Waals surface area contributed by atoms with Gasteiger partial charge >= 0.3 is 29.6 Å². The number of rotatable bonds is 2. The predicted molar refractivity (Wildman–Crippen MR) is 49.8 cm³/mol. The van der Waals surface area contributed by atoms with Crippen LogP contribution in [0.3, 0.4) is 0 Å². The van der Waals surface area contributed by atoms with Gasteiger partial charge in [0.1, 0.15) is 0 Å². The van der Waals surface area contributed by atoms with Crippen molar-refractivity contribution < 1.29 is 43.2 Å². The summed E-state index contributed by atoms with van der Waals surface area (Å²) < 4.78 is 21.4. The number of benzene rings is 1.